The van der Waals surface area contributed by atoms with Crippen LogP contribution in [0, 0.1) is 22.5 Å². The number of rotatable bonds is 10. The number of aromatic nitrogens is 2. The van der Waals surface area contributed by atoms with Crippen LogP contribution < -0.4 is 9.50 Å². The van der Waals surface area contributed by atoms with Gasteiger partial charge in [0.25, 0.3) is 8.94 Å². The largest absolute Gasteiger partial charge is 0.268 e. The lowest BCUT2D eigenvalue weighted by Crippen LogP contribution is -2.72. The summed E-state index contributed by atoms with van der Waals surface area (Å²) in [6, 6.07) is 7.02. The highest BCUT2D eigenvalue weighted by molar-refractivity contribution is 8.13. The van der Waals surface area contributed by atoms with Crippen LogP contribution >= 0.6 is 10.7 Å². The van der Waals surface area contributed by atoms with Crippen molar-refractivity contribution in [2.24, 2.45) is 22.9 Å². The highest BCUT2D eigenvalue weighted by atomic mass is 35.7. The number of halogens is 1. The molecular formula is C21H33ClN5O2S2+. The van der Waals surface area contributed by atoms with Crippen LogP contribution in [0.4, 0.5) is 0 Å². The van der Waals surface area contributed by atoms with Gasteiger partial charge in [0, 0.05) is 40.4 Å². The fourth-order valence-electron chi connectivity index (χ4n) is 3.36. The van der Waals surface area contributed by atoms with E-state index < -0.39 is 18.9 Å². The number of pyridine rings is 2. The zero-order chi connectivity index (χ0) is 23.2. The number of hydrogen-bond donors (Lipinski definition) is 3. The summed E-state index contributed by atoms with van der Waals surface area (Å²) in [6.45, 7) is 8.98. The minimum absolute atomic E-state index is 0.227. The van der Waals surface area contributed by atoms with E-state index in [1.54, 1.807) is 24.4 Å². The average molecular weight is 487 g/mol. The van der Waals surface area contributed by atoms with Gasteiger partial charge in [-0.05, 0) is 55.4 Å². The quantitative estimate of drug-likeness (QED) is 0.446. The van der Waals surface area contributed by atoms with E-state index in [0.29, 0.717) is 23.3 Å². The van der Waals surface area contributed by atoms with Gasteiger partial charge >= 0.3 is 0 Å². The standard InChI is InChI=1S/C21H32ClN5O2S2/c1-15(2)9-18-5-7-20(13-25-18)30(22,28)27-12-17(4)10-16(3)11-19-6-8-21(14-26-19)31(23,24)29/h5-8,13-17H,9-12H2,1-4H3,(H3,23,24,29)/p+1. The van der Waals surface area contributed by atoms with Crippen molar-refractivity contribution in [3.05, 3.63) is 48.0 Å². The first kappa shape index (κ1) is 25.7. The molecule has 2 heterocycles. The third-order valence-electron chi connectivity index (χ3n) is 4.85. The van der Waals surface area contributed by atoms with E-state index in [-0.39, 0.29) is 10.8 Å². The van der Waals surface area contributed by atoms with Gasteiger partial charge in [-0.1, -0.05) is 27.7 Å². The molecule has 10 heteroatoms. The van der Waals surface area contributed by atoms with Gasteiger partial charge in [0.2, 0.25) is 0 Å². The van der Waals surface area contributed by atoms with Crippen LogP contribution in [-0.2, 0) is 31.7 Å². The molecule has 2 rings (SSSR count). The first-order chi connectivity index (χ1) is 14.4. The van der Waals surface area contributed by atoms with E-state index in [2.05, 4.69) is 42.0 Å². The second-order valence-corrected chi connectivity index (χ2v) is 13.4. The summed E-state index contributed by atoms with van der Waals surface area (Å²) >= 11 is 0. The maximum absolute atomic E-state index is 12.9. The number of hydrogen-bond acceptors (Lipinski definition) is 5. The number of nitrogens with two attached hydrogens (primary N) is 1. The fourth-order valence-corrected chi connectivity index (χ4v) is 5.40. The fraction of sp³-hybridized carbons (Fsp3) is 0.524. The summed E-state index contributed by atoms with van der Waals surface area (Å²) in [5.41, 5.74) is 1.82. The Hall–Kier alpha value is -1.55. The van der Waals surface area contributed by atoms with Crippen molar-refractivity contribution in [2.45, 2.75) is 56.7 Å². The SMILES string of the molecule is CC(C)Cc1ccc(S(=O)(Cl)=[NH+]CC(C)CC(C)Cc2ccc(S(=N)(N)=O)cn2)cn1. The Kier molecular flexibility index (Phi) is 9.00. The second-order valence-electron chi connectivity index (χ2n) is 8.65. The smallest absolute Gasteiger partial charge is 0.260 e. The molecule has 0 fully saturated rings. The molecule has 0 aliphatic rings. The molecule has 0 aliphatic heterocycles. The maximum atomic E-state index is 12.9. The summed E-state index contributed by atoms with van der Waals surface area (Å²) in [6.07, 6.45) is 5.51. The Morgan fingerprint density at radius 1 is 0.968 bits per heavy atom. The van der Waals surface area contributed by atoms with Gasteiger partial charge in [0.1, 0.15) is 14.8 Å². The highest BCUT2D eigenvalue weighted by Crippen LogP contribution is 2.17. The summed E-state index contributed by atoms with van der Waals surface area (Å²) in [5, 5.41) is 5.32. The van der Waals surface area contributed by atoms with Crippen molar-refractivity contribution in [2.75, 3.05) is 6.54 Å². The minimum Gasteiger partial charge on any atom is -0.260 e. The summed E-state index contributed by atoms with van der Waals surface area (Å²) in [5.74, 6) is 1.09. The van der Waals surface area contributed by atoms with Crippen molar-refractivity contribution >= 4 is 29.5 Å². The molecule has 0 aromatic carbocycles. The molecule has 2 aromatic heterocycles. The second kappa shape index (κ2) is 10.8. The molecule has 0 saturated carbocycles. The highest BCUT2D eigenvalue weighted by Gasteiger charge is 2.18. The van der Waals surface area contributed by atoms with E-state index in [1.165, 1.54) is 6.20 Å². The zero-order valence-electron chi connectivity index (χ0n) is 18.5. The topological polar surface area (TPSA) is 124 Å². The number of nitrogens with zero attached hydrogens (tertiary/aromatic N) is 2. The molecule has 2 aromatic rings. The van der Waals surface area contributed by atoms with Gasteiger partial charge in [0.05, 0.1) is 4.90 Å². The van der Waals surface area contributed by atoms with Crippen molar-refractivity contribution < 1.29 is 12.8 Å². The molecule has 0 amide bonds. The van der Waals surface area contributed by atoms with Gasteiger partial charge < -0.3 is 0 Å². The van der Waals surface area contributed by atoms with E-state index in [0.717, 1.165) is 30.7 Å². The molecule has 4 unspecified atom stereocenters. The predicted octanol–water partition coefficient (Wildman–Crippen LogP) is 2.92. The van der Waals surface area contributed by atoms with Crippen LogP contribution in [0.1, 0.15) is 45.5 Å². The van der Waals surface area contributed by atoms with Gasteiger partial charge in [-0.2, -0.15) is 8.57 Å². The Bertz CT molecular complexity index is 1080. The molecule has 0 aliphatic carbocycles. The lowest BCUT2D eigenvalue weighted by molar-refractivity contribution is -0.440. The van der Waals surface area contributed by atoms with Crippen LogP contribution in [0.15, 0.2) is 46.5 Å². The minimum atomic E-state index is -3.23. The lowest BCUT2D eigenvalue weighted by atomic mass is 9.93. The Balaban J connectivity index is 1.94. The number of nitrogens with one attached hydrogen (secondary N) is 2. The third-order valence-corrected chi connectivity index (χ3v) is 8.04. The van der Waals surface area contributed by atoms with E-state index in [4.69, 9.17) is 20.6 Å². The lowest BCUT2D eigenvalue weighted by Gasteiger charge is -2.14. The van der Waals surface area contributed by atoms with Gasteiger partial charge in [-0.15, -0.1) is 0 Å². The molecule has 0 bridgehead atoms. The third kappa shape index (κ3) is 8.48. The monoisotopic (exact) mass is 486 g/mol. The van der Waals surface area contributed by atoms with Crippen molar-refractivity contribution in [3.8, 4) is 0 Å². The molecule has 0 radical (unpaired) electrons. The van der Waals surface area contributed by atoms with Crippen molar-refractivity contribution in [1.29, 1.82) is 4.78 Å². The van der Waals surface area contributed by atoms with Gasteiger partial charge in [-0.25, -0.2) is 14.1 Å². The molecule has 4 N–H and O–H groups in total. The zero-order valence-corrected chi connectivity index (χ0v) is 20.9. The van der Waals surface area contributed by atoms with Crippen molar-refractivity contribution in [1.82, 2.24) is 9.97 Å². The summed E-state index contributed by atoms with van der Waals surface area (Å²) < 4.78 is 34.8. The van der Waals surface area contributed by atoms with Crippen LogP contribution in [-0.4, -0.2) is 24.9 Å². The Morgan fingerprint density at radius 2 is 1.52 bits per heavy atom. The van der Waals surface area contributed by atoms with Gasteiger partial charge in [-0.3, -0.25) is 9.97 Å². The van der Waals surface area contributed by atoms with E-state index >= 15 is 0 Å². The van der Waals surface area contributed by atoms with E-state index in [1.807, 2.05) is 6.07 Å². The Labute approximate surface area is 191 Å². The first-order valence-electron chi connectivity index (χ1n) is 10.3. The molecular weight excluding hydrogens is 454 g/mol. The predicted molar refractivity (Wildman–Crippen MR) is 125 cm³/mol. The van der Waals surface area contributed by atoms with Crippen LogP contribution in [0.25, 0.3) is 0 Å². The van der Waals surface area contributed by atoms with Gasteiger partial charge in [0.15, 0.2) is 6.54 Å². The van der Waals surface area contributed by atoms with E-state index in [9.17, 15) is 8.42 Å². The van der Waals surface area contributed by atoms with Crippen molar-refractivity contribution in [3.63, 3.8) is 0 Å². The first-order valence-corrected chi connectivity index (χ1v) is 14.3. The molecule has 7 nitrogen and oxygen atoms in total. The summed E-state index contributed by atoms with van der Waals surface area (Å²) in [4.78, 5) is 9.38. The van der Waals surface area contributed by atoms with Crippen LogP contribution in [0.3, 0.4) is 0 Å². The molecule has 4 atom stereocenters. The molecule has 0 spiro atoms. The molecule has 172 valence electrons. The Morgan fingerprint density at radius 3 is 2.00 bits per heavy atom. The van der Waals surface area contributed by atoms with Crippen LogP contribution in [0.5, 0.6) is 0 Å². The normalized spacial score (nSPS) is 17.5. The average Bonchev–Trinajstić information content (AvgIpc) is 2.66. The molecule has 31 heavy (non-hydrogen) atoms. The van der Waals surface area contributed by atoms with Crippen LogP contribution in [0.2, 0.25) is 0 Å². The maximum Gasteiger partial charge on any atom is 0.268 e. The summed E-state index contributed by atoms with van der Waals surface area (Å²) in [7, 11) is 0.191. The molecule has 0 saturated heterocycles.